The smallest absolute Gasteiger partial charge is 0.309 e. The van der Waals surface area contributed by atoms with E-state index in [1.165, 1.54) is 0 Å². The van der Waals surface area contributed by atoms with Gasteiger partial charge in [0.15, 0.2) is 0 Å². The summed E-state index contributed by atoms with van der Waals surface area (Å²) in [6.07, 6.45) is 2.74. The van der Waals surface area contributed by atoms with Crippen LogP contribution in [0.5, 0.6) is 0 Å². The molecule has 3 atom stereocenters. The molecular weight excluding hydrogens is 152 g/mol. The summed E-state index contributed by atoms with van der Waals surface area (Å²) in [4.78, 5) is 10.9. The number of carboxylic acids is 1. The van der Waals surface area contributed by atoms with Gasteiger partial charge in [-0.05, 0) is 38.0 Å². The van der Waals surface area contributed by atoms with Crippen molar-refractivity contribution in [3.63, 3.8) is 0 Å². The third kappa shape index (κ3) is 1.62. The monoisotopic (exact) mass is 170 g/mol. The summed E-state index contributed by atoms with van der Waals surface area (Å²) in [6.45, 7) is 6.24. The van der Waals surface area contributed by atoms with E-state index in [0.29, 0.717) is 11.8 Å². The first kappa shape index (κ1) is 9.56. The fourth-order valence-electron chi connectivity index (χ4n) is 2.04. The molecule has 2 nitrogen and oxygen atoms in total. The Bertz CT molecular complexity index is 188. The van der Waals surface area contributed by atoms with Gasteiger partial charge in [-0.1, -0.05) is 13.8 Å². The molecule has 0 bridgehead atoms. The molecule has 1 saturated carbocycles. The summed E-state index contributed by atoms with van der Waals surface area (Å²) < 4.78 is 0. The van der Waals surface area contributed by atoms with Crippen LogP contribution in [0.3, 0.4) is 0 Å². The van der Waals surface area contributed by atoms with E-state index in [0.717, 1.165) is 19.3 Å². The average Bonchev–Trinajstić information content (AvgIpc) is 1.97. The van der Waals surface area contributed by atoms with Crippen LogP contribution in [0.25, 0.3) is 0 Å². The lowest BCUT2D eigenvalue weighted by molar-refractivity contribution is -0.151. The zero-order chi connectivity index (χ0) is 9.35. The van der Waals surface area contributed by atoms with Crippen LogP contribution in [0.15, 0.2) is 0 Å². The minimum Gasteiger partial charge on any atom is -0.481 e. The van der Waals surface area contributed by atoms with E-state index in [1.54, 1.807) is 0 Å². The molecule has 0 spiro atoms. The number of hydrogen-bond donors (Lipinski definition) is 1. The van der Waals surface area contributed by atoms with Crippen molar-refractivity contribution in [2.24, 2.45) is 17.3 Å². The Kier molecular flexibility index (Phi) is 2.45. The Labute approximate surface area is 74.0 Å². The first-order valence-electron chi connectivity index (χ1n) is 4.69. The lowest BCUT2D eigenvalue weighted by Gasteiger charge is -2.37. The Morgan fingerprint density at radius 1 is 1.42 bits per heavy atom. The van der Waals surface area contributed by atoms with Crippen LogP contribution in [0.1, 0.15) is 40.0 Å². The van der Waals surface area contributed by atoms with Crippen LogP contribution >= 0.6 is 0 Å². The van der Waals surface area contributed by atoms with Gasteiger partial charge >= 0.3 is 5.97 Å². The Hall–Kier alpha value is -0.530. The van der Waals surface area contributed by atoms with Crippen molar-refractivity contribution in [3.8, 4) is 0 Å². The second kappa shape index (κ2) is 3.08. The molecule has 0 unspecified atom stereocenters. The highest BCUT2D eigenvalue weighted by Gasteiger charge is 2.39. The van der Waals surface area contributed by atoms with Gasteiger partial charge in [0.2, 0.25) is 0 Å². The van der Waals surface area contributed by atoms with Crippen LogP contribution in [-0.2, 0) is 4.79 Å². The summed E-state index contributed by atoms with van der Waals surface area (Å²) in [5.74, 6) is 0.624. The Balaban J connectivity index is 2.66. The minimum absolute atomic E-state index is 0.452. The second-order valence-corrected chi connectivity index (χ2v) is 4.56. The number of carbonyl (C=O) groups is 1. The van der Waals surface area contributed by atoms with E-state index in [4.69, 9.17) is 5.11 Å². The zero-order valence-corrected chi connectivity index (χ0v) is 8.13. The lowest BCUT2D eigenvalue weighted by atomic mass is 9.67. The molecular formula is C10H18O2. The normalized spacial score (nSPS) is 42.6. The number of aliphatic carboxylic acids is 1. The molecule has 1 fully saturated rings. The summed E-state index contributed by atoms with van der Waals surface area (Å²) in [5.41, 5.74) is -0.452. The topological polar surface area (TPSA) is 37.3 Å². The maximum absolute atomic E-state index is 10.9. The highest BCUT2D eigenvalue weighted by atomic mass is 16.4. The van der Waals surface area contributed by atoms with Gasteiger partial charge < -0.3 is 5.11 Å². The van der Waals surface area contributed by atoms with E-state index in [-0.39, 0.29) is 0 Å². The lowest BCUT2D eigenvalue weighted by Crippen LogP contribution is -2.35. The van der Waals surface area contributed by atoms with Gasteiger partial charge in [-0.25, -0.2) is 0 Å². The maximum atomic E-state index is 10.9. The van der Waals surface area contributed by atoms with Crippen molar-refractivity contribution >= 4 is 5.97 Å². The fourth-order valence-corrected chi connectivity index (χ4v) is 2.04. The van der Waals surface area contributed by atoms with Crippen LogP contribution in [0, 0.1) is 17.3 Å². The molecule has 1 rings (SSSR count). The zero-order valence-electron chi connectivity index (χ0n) is 8.13. The first-order chi connectivity index (χ1) is 5.46. The quantitative estimate of drug-likeness (QED) is 0.656. The van der Waals surface area contributed by atoms with Gasteiger partial charge in [-0.15, -0.1) is 0 Å². The van der Waals surface area contributed by atoms with Gasteiger partial charge in [0.05, 0.1) is 5.41 Å². The molecule has 1 aliphatic rings. The van der Waals surface area contributed by atoms with Gasteiger partial charge in [0, 0.05) is 0 Å². The SMILES string of the molecule is C[C@@H]1CC[C@](C)(C(=O)O)C[C@@H]1C. The van der Waals surface area contributed by atoms with Crippen molar-refractivity contribution in [1.82, 2.24) is 0 Å². The van der Waals surface area contributed by atoms with Crippen LogP contribution in [-0.4, -0.2) is 11.1 Å². The van der Waals surface area contributed by atoms with Crippen molar-refractivity contribution in [1.29, 1.82) is 0 Å². The molecule has 1 aliphatic carbocycles. The molecule has 12 heavy (non-hydrogen) atoms. The molecule has 0 heterocycles. The molecule has 0 aromatic carbocycles. The molecule has 0 aromatic rings. The Morgan fingerprint density at radius 2 is 2.00 bits per heavy atom. The van der Waals surface area contributed by atoms with Crippen LogP contribution < -0.4 is 0 Å². The summed E-state index contributed by atoms with van der Waals surface area (Å²) in [5, 5.41) is 9.00. The van der Waals surface area contributed by atoms with Crippen molar-refractivity contribution in [2.75, 3.05) is 0 Å². The van der Waals surface area contributed by atoms with Crippen LogP contribution in [0.4, 0.5) is 0 Å². The van der Waals surface area contributed by atoms with Gasteiger partial charge in [0.25, 0.3) is 0 Å². The van der Waals surface area contributed by atoms with E-state index in [1.807, 2.05) is 6.92 Å². The second-order valence-electron chi connectivity index (χ2n) is 4.56. The summed E-state index contributed by atoms with van der Waals surface area (Å²) >= 11 is 0. The number of carboxylic acid groups (broad SMARTS) is 1. The third-order valence-corrected chi connectivity index (χ3v) is 3.41. The molecule has 0 saturated heterocycles. The molecule has 0 radical (unpaired) electrons. The average molecular weight is 170 g/mol. The predicted molar refractivity (Wildman–Crippen MR) is 47.9 cm³/mol. The van der Waals surface area contributed by atoms with Gasteiger partial charge in [-0.3, -0.25) is 4.79 Å². The van der Waals surface area contributed by atoms with E-state index in [9.17, 15) is 4.79 Å². The van der Waals surface area contributed by atoms with Crippen molar-refractivity contribution in [3.05, 3.63) is 0 Å². The third-order valence-electron chi connectivity index (χ3n) is 3.41. The van der Waals surface area contributed by atoms with E-state index in [2.05, 4.69) is 13.8 Å². The standard InChI is InChI=1S/C10H18O2/c1-7-4-5-10(3,9(11)12)6-8(7)2/h7-8H,4-6H2,1-3H3,(H,11,12)/t7-,8+,10+/m1/s1. The molecule has 0 aliphatic heterocycles. The molecule has 70 valence electrons. The maximum Gasteiger partial charge on any atom is 0.309 e. The molecule has 1 N–H and O–H groups in total. The molecule has 0 aromatic heterocycles. The fraction of sp³-hybridized carbons (Fsp3) is 0.900. The largest absolute Gasteiger partial charge is 0.481 e. The Morgan fingerprint density at radius 3 is 2.42 bits per heavy atom. The van der Waals surface area contributed by atoms with E-state index < -0.39 is 11.4 Å². The predicted octanol–water partition coefficient (Wildman–Crippen LogP) is 2.53. The summed E-state index contributed by atoms with van der Waals surface area (Å²) in [7, 11) is 0. The number of hydrogen-bond acceptors (Lipinski definition) is 1. The van der Waals surface area contributed by atoms with Crippen LogP contribution in [0.2, 0.25) is 0 Å². The first-order valence-corrected chi connectivity index (χ1v) is 4.69. The minimum atomic E-state index is -0.624. The van der Waals surface area contributed by atoms with Crippen molar-refractivity contribution < 1.29 is 9.90 Å². The molecule has 0 amide bonds. The van der Waals surface area contributed by atoms with E-state index >= 15 is 0 Å². The highest BCUT2D eigenvalue weighted by Crippen LogP contribution is 2.41. The highest BCUT2D eigenvalue weighted by molar-refractivity contribution is 5.74. The van der Waals surface area contributed by atoms with Crippen molar-refractivity contribution in [2.45, 2.75) is 40.0 Å². The van der Waals surface area contributed by atoms with Gasteiger partial charge in [-0.2, -0.15) is 0 Å². The molecule has 2 heteroatoms. The van der Waals surface area contributed by atoms with Gasteiger partial charge in [0.1, 0.15) is 0 Å². The summed E-state index contributed by atoms with van der Waals surface area (Å²) in [6, 6.07) is 0. The number of rotatable bonds is 1.